The zero-order valence-corrected chi connectivity index (χ0v) is 12.6. The number of carbonyl (C=O) groups is 1. The molecule has 1 aromatic carbocycles. The van der Waals surface area contributed by atoms with E-state index in [1.165, 1.54) is 12.8 Å². The maximum Gasteiger partial charge on any atom is 0.263 e. The first-order chi connectivity index (χ1) is 9.72. The Hall–Kier alpha value is -1.51. The van der Waals surface area contributed by atoms with Crippen LogP contribution in [0.25, 0.3) is 0 Å². The van der Waals surface area contributed by atoms with E-state index in [0.29, 0.717) is 0 Å². The summed E-state index contributed by atoms with van der Waals surface area (Å²) in [4.78, 5) is 14.4. The number of benzene rings is 1. The summed E-state index contributed by atoms with van der Waals surface area (Å²) in [5.74, 6) is 0.962. The third-order valence-corrected chi connectivity index (χ3v) is 3.92. The topological polar surface area (TPSA) is 29.5 Å². The van der Waals surface area contributed by atoms with E-state index in [2.05, 4.69) is 13.0 Å². The Labute approximate surface area is 121 Å². The molecule has 0 radical (unpaired) electrons. The first-order valence-corrected chi connectivity index (χ1v) is 7.75. The molecule has 1 heterocycles. The number of carbonyl (C=O) groups excluding carboxylic acids is 1. The van der Waals surface area contributed by atoms with Crippen molar-refractivity contribution >= 4 is 5.91 Å². The van der Waals surface area contributed by atoms with Crippen LogP contribution < -0.4 is 4.74 Å². The van der Waals surface area contributed by atoms with E-state index in [4.69, 9.17) is 4.74 Å². The fraction of sp³-hybridized carbons (Fsp3) is 0.588. The fourth-order valence-corrected chi connectivity index (χ4v) is 2.70. The van der Waals surface area contributed by atoms with Gasteiger partial charge in [-0.15, -0.1) is 0 Å². The zero-order chi connectivity index (χ0) is 14.4. The van der Waals surface area contributed by atoms with Gasteiger partial charge in [0.05, 0.1) is 0 Å². The Bertz CT molecular complexity index is 436. The molecular formula is C17H25NO2. The van der Waals surface area contributed by atoms with E-state index in [1.54, 1.807) is 0 Å². The molecule has 0 N–H and O–H groups in total. The Balaban J connectivity index is 1.99. The minimum absolute atomic E-state index is 0.123. The van der Waals surface area contributed by atoms with Gasteiger partial charge in [0.15, 0.2) is 6.10 Å². The van der Waals surface area contributed by atoms with Crippen molar-refractivity contribution in [2.24, 2.45) is 0 Å². The highest BCUT2D eigenvalue weighted by atomic mass is 16.5. The largest absolute Gasteiger partial charge is 0.481 e. The fourth-order valence-electron chi connectivity index (χ4n) is 2.70. The molecule has 1 fully saturated rings. The van der Waals surface area contributed by atoms with Gasteiger partial charge < -0.3 is 9.64 Å². The number of nitrogens with zero attached hydrogens (tertiary/aromatic N) is 1. The standard InChI is InChI=1S/C17H25NO2/c1-3-15-10-6-7-11-16(15)20-14(2)17(19)18-12-8-4-5-9-13-18/h6-7,10-11,14H,3-5,8-9,12-13H2,1-2H3/t14-/m0/s1. The predicted molar refractivity (Wildman–Crippen MR) is 81.0 cm³/mol. The number of likely N-dealkylation sites (tertiary alicyclic amines) is 1. The summed E-state index contributed by atoms with van der Waals surface area (Å²) in [5, 5.41) is 0. The summed E-state index contributed by atoms with van der Waals surface area (Å²) in [5.41, 5.74) is 1.16. The molecule has 1 saturated heterocycles. The molecule has 0 bridgehead atoms. The number of hydrogen-bond donors (Lipinski definition) is 0. The Morgan fingerprint density at radius 2 is 1.85 bits per heavy atom. The van der Waals surface area contributed by atoms with E-state index in [1.807, 2.05) is 30.0 Å². The minimum atomic E-state index is -0.402. The molecule has 3 nitrogen and oxygen atoms in total. The lowest BCUT2D eigenvalue weighted by Gasteiger charge is -2.25. The SMILES string of the molecule is CCc1ccccc1O[C@@H](C)C(=O)N1CCCCCC1. The number of ether oxygens (including phenoxy) is 1. The second-order valence-electron chi connectivity index (χ2n) is 5.46. The average Bonchev–Trinajstić information content (AvgIpc) is 2.76. The maximum absolute atomic E-state index is 12.5. The molecule has 20 heavy (non-hydrogen) atoms. The average molecular weight is 275 g/mol. The summed E-state index contributed by atoms with van der Waals surface area (Å²) in [6, 6.07) is 7.97. The third-order valence-electron chi connectivity index (χ3n) is 3.92. The van der Waals surface area contributed by atoms with Gasteiger partial charge in [-0.3, -0.25) is 4.79 Å². The van der Waals surface area contributed by atoms with Gasteiger partial charge in [-0.05, 0) is 37.8 Å². The number of aryl methyl sites for hydroxylation is 1. The van der Waals surface area contributed by atoms with E-state index >= 15 is 0 Å². The van der Waals surface area contributed by atoms with Gasteiger partial charge in [0.1, 0.15) is 5.75 Å². The molecule has 1 aliphatic rings. The first kappa shape index (κ1) is 14.9. The smallest absolute Gasteiger partial charge is 0.263 e. The Morgan fingerprint density at radius 1 is 1.20 bits per heavy atom. The molecule has 2 rings (SSSR count). The van der Waals surface area contributed by atoms with E-state index < -0.39 is 6.10 Å². The quantitative estimate of drug-likeness (QED) is 0.842. The van der Waals surface area contributed by atoms with Crippen molar-refractivity contribution in [2.75, 3.05) is 13.1 Å². The van der Waals surface area contributed by atoms with Crippen LogP contribution in [0.2, 0.25) is 0 Å². The molecule has 1 aliphatic heterocycles. The number of amides is 1. The highest BCUT2D eigenvalue weighted by Gasteiger charge is 2.23. The lowest BCUT2D eigenvalue weighted by atomic mass is 10.1. The van der Waals surface area contributed by atoms with E-state index in [0.717, 1.165) is 43.7 Å². The molecule has 110 valence electrons. The minimum Gasteiger partial charge on any atom is -0.481 e. The predicted octanol–water partition coefficient (Wildman–Crippen LogP) is 3.42. The number of rotatable bonds is 4. The molecule has 1 atom stereocenters. The van der Waals surface area contributed by atoms with Crippen molar-refractivity contribution in [3.05, 3.63) is 29.8 Å². The summed E-state index contributed by atoms with van der Waals surface area (Å²) >= 11 is 0. The van der Waals surface area contributed by atoms with Gasteiger partial charge in [0, 0.05) is 13.1 Å². The summed E-state index contributed by atoms with van der Waals surface area (Å²) < 4.78 is 5.90. The van der Waals surface area contributed by atoms with Crippen LogP contribution in [0, 0.1) is 0 Å². The lowest BCUT2D eigenvalue weighted by Crippen LogP contribution is -2.41. The van der Waals surface area contributed by atoms with Crippen molar-refractivity contribution < 1.29 is 9.53 Å². The van der Waals surface area contributed by atoms with Crippen molar-refractivity contribution in [3.63, 3.8) is 0 Å². The van der Waals surface area contributed by atoms with Gasteiger partial charge in [-0.2, -0.15) is 0 Å². The highest BCUT2D eigenvalue weighted by molar-refractivity contribution is 5.81. The maximum atomic E-state index is 12.5. The van der Waals surface area contributed by atoms with Gasteiger partial charge >= 0.3 is 0 Å². The van der Waals surface area contributed by atoms with Crippen LogP contribution in [0.1, 0.15) is 45.1 Å². The lowest BCUT2D eigenvalue weighted by molar-refractivity contribution is -0.137. The molecule has 0 aromatic heterocycles. The van der Waals surface area contributed by atoms with Gasteiger partial charge in [0.2, 0.25) is 0 Å². The van der Waals surface area contributed by atoms with Crippen molar-refractivity contribution in [1.29, 1.82) is 0 Å². The summed E-state index contributed by atoms with van der Waals surface area (Å²) in [7, 11) is 0. The molecule has 1 aromatic rings. The second kappa shape index (κ2) is 7.32. The second-order valence-corrected chi connectivity index (χ2v) is 5.46. The molecule has 0 spiro atoms. The third kappa shape index (κ3) is 3.75. The van der Waals surface area contributed by atoms with Crippen LogP contribution >= 0.6 is 0 Å². The normalized spacial score (nSPS) is 17.4. The van der Waals surface area contributed by atoms with E-state index in [-0.39, 0.29) is 5.91 Å². The van der Waals surface area contributed by atoms with Gasteiger partial charge in [-0.1, -0.05) is 38.0 Å². The number of para-hydroxylation sites is 1. The number of hydrogen-bond acceptors (Lipinski definition) is 2. The Morgan fingerprint density at radius 3 is 2.50 bits per heavy atom. The zero-order valence-electron chi connectivity index (χ0n) is 12.6. The molecule has 1 amide bonds. The first-order valence-electron chi connectivity index (χ1n) is 7.75. The van der Waals surface area contributed by atoms with Gasteiger partial charge in [-0.25, -0.2) is 0 Å². The molecule has 3 heteroatoms. The Kier molecular flexibility index (Phi) is 5.45. The van der Waals surface area contributed by atoms with Crippen LogP contribution in [-0.4, -0.2) is 30.0 Å². The van der Waals surface area contributed by atoms with Gasteiger partial charge in [0.25, 0.3) is 5.91 Å². The van der Waals surface area contributed by atoms with Crippen molar-refractivity contribution in [1.82, 2.24) is 4.90 Å². The van der Waals surface area contributed by atoms with Crippen LogP contribution in [-0.2, 0) is 11.2 Å². The van der Waals surface area contributed by atoms with Crippen molar-refractivity contribution in [3.8, 4) is 5.75 Å². The molecular weight excluding hydrogens is 250 g/mol. The molecule has 0 unspecified atom stereocenters. The molecule has 0 aliphatic carbocycles. The van der Waals surface area contributed by atoms with Crippen LogP contribution in [0.5, 0.6) is 5.75 Å². The van der Waals surface area contributed by atoms with Crippen LogP contribution in [0.15, 0.2) is 24.3 Å². The van der Waals surface area contributed by atoms with Crippen LogP contribution in [0.4, 0.5) is 0 Å². The van der Waals surface area contributed by atoms with Crippen molar-refractivity contribution in [2.45, 2.75) is 52.1 Å². The highest BCUT2D eigenvalue weighted by Crippen LogP contribution is 2.20. The monoisotopic (exact) mass is 275 g/mol. The molecule has 0 saturated carbocycles. The summed E-state index contributed by atoms with van der Waals surface area (Å²) in [6.45, 7) is 5.72. The van der Waals surface area contributed by atoms with Crippen LogP contribution in [0.3, 0.4) is 0 Å². The summed E-state index contributed by atoms with van der Waals surface area (Å²) in [6.07, 6.45) is 5.21. The van der Waals surface area contributed by atoms with E-state index in [9.17, 15) is 4.79 Å².